The fourth-order valence-electron chi connectivity index (χ4n) is 0.806. The van der Waals surface area contributed by atoms with Gasteiger partial charge in [-0.25, -0.2) is 4.79 Å². The van der Waals surface area contributed by atoms with Crippen molar-refractivity contribution in [3.05, 3.63) is 11.5 Å². The molecule has 0 spiro atoms. The van der Waals surface area contributed by atoms with E-state index in [4.69, 9.17) is 10.2 Å². The minimum Gasteiger partial charge on any atom is -0.865 e. The largest absolute Gasteiger partial charge is 2.00 e. The molecule has 0 aromatic heterocycles. The summed E-state index contributed by atoms with van der Waals surface area (Å²) in [6.07, 6.45) is -3.24. The fourth-order valence-corrected chi connectivity index (χ4v) is 0.806. The van der Waals surface area contributed by atoms with Crippen LogP contribution in [0.1, 0.15) is 0 Å². The van der Waals surface area contributed by atoms with Crippen molar-refractivity contribution in [3.63, 3.8) is 0 Å². The summed E-state index contributed by atoms with van der Waals surface area (Å²) < 4.78 is 4.19. The molecular weight excluding hydrogens is 192 g/mol. The van der Waals surface area contributed by atoms with Gasteiger partial charge >= 0.3 is 29.0 Å². The minimum atomic E-state index is -1.71. The van der Waals surface area contributed by atoms with Gasteiger partial charge in [0.2, 0.25) is 0 Å². The van der Waals surface area contributed by atoms with Gasteiger partial charge in [-0.1, -0.05) is 6.10 Å². The Morgan fingerprint density at radius 1 is 1.62 bits per heavy atom. The number of hydrogen-bond acceptors (Lipinski definition) is 6. The summed E-state index contributed by atoms with van der Waals surface area (Å²) in [5.74, 6) is -3.39. The molecule has 0 aromatic carbocycles. The van der Waals surface area contributed by atoms with Crippen LogP contribution in [0.4, 0.5) is 0 Å². The summed E-state index contributed by atoms with van der Waals surface area (Å²) in [5, 5.41) is 38.5. The fraction of sp³-hybridized carbons (Fsp3) is 0.500. The van der Waals surface area contributed by atoms with Gasteiger partial charge < -0.3 is 25.2 Å². The number of carbonyl (C=O) groups is 1. The summed E-state index contributed by atoms with van der Waals surface area (Å²) >= 11 is 0. The van der Waals surface area contributed by atoms with E-state index in [2.05, 4.69) is 4.74 Å². The quantitative estimate of drug-likeness (QED) is 0.350. The molecule has 0 aromatic rings. The van der Waals surface area contributed by atoms with E-state index >= 15 is 0 Å². The molecule has 6 nitrogen and oxygen atoms in total. The van der Waals surface area contributed by atoms with Crippen LogP contribution in [0.15, 0.2) is 11.5 Å². The van der Waals surface area contributed by atoms with Crippen molar-refractivity contribution in [2.75, 3.05) is 6.61 Å². The molecule has 0 bridgehead atoms. The molecule has 0 aliphatic carbocycles. The maximum absolute atomic E-state index is 10.7. The number of rotatable bonds is 2. The normalized spacial score (nSPS) is 23.8. The molecule has 1 rings (SSSR count). The zero-order chi connectivity index (χ0) is 9.30. The summed E-state index contributed by atoms with van der Waals surface area (Å²) in [7, 11) is 0. The van der Waals surface area contributed by atoms with Crippen LogP contribution < -0.4 is 10.2 Å². The summed E-state index contributed by atoms with van der Waals surface area (Å²) in [4.78, 5) is 10.4. The topological polar surface area (TPSA) is 113 Å². The molecule has 13 heavy (non-hydrogen) atoms. The number of cyclic esters (lactones) is 1. The molecule has 0 unspecified atom stereocenters. The van der Waals surface area contributed by atoms with Gasteiger partial charge in [0.15, 0.2) is 0 Å². The first-order valence-electron chi connectivity index (χ1n) is 3.15. The predicted molar refractivity (Wildman–Crippen MR) is 36.2 cm³/mol. The number of ether oxygens (including phenoxy) is 1. The van der Waals surface area contributed by atoms with E-state index in [0.717, 1.165) is 0 Å². The third-order valence-corrected chi connectivity index (χ3v) is 1.44. The van der Waals surface area contributed by atoms with Gasteiger partial charge in [-0.3, -0.25) is 0 Å². The maximum Gasteiger partial charge on any atom is 2.00 e. The first-order valence-corrected chi connectivity index (χ1v) is 3.15. The smallest absolute Gasteiger partial charge is 0.865 e. The zero-order valence-corrected chi connectivity index (χ0v) is 8.01. The van der Waals surface area contributed by atoms with Gasteiger partial charge in [0.25, 0.3) is 0 Å². The maximum atomic E-state index is 10.7. The number of carbonyl (C=O) groups excluding carboxylic acids is 1. The van der Waals surface area contributed by atoms with Gasteiger partial charge in [-0.05, 0) is 0 Å². The van der Waals surface area contributed by atoms with Crippen LogP contribution in [-0.4, -0.2) is 58.0 Å². The monoisotopic (exact) mass is 198 g/mol. The van der Waals surface area contributed by atoms with Crippen molar-refractivity contribution >= 4 is 29.0 Å². The van der Waals surface area contributed by atoms with E-state index in [1.54, 1.807) is 0 Å². The molecule has 0 radical (unpaired) electrons. The van der Waals surface area contributed by atoms with Crippen LogP contribution in [-0.2, 0) is 9.53 Å². The Balaban J connectivity index is 0.00000144. The Kier molecular flexibility index (Phi) is 4.47. The van der Waals surface area contributed by atoms with Gasteiger partial charge in [-0.15, -0.1) is 0 Å². The Hall–Kier alpha value is -0.504. The van der Waals surface area contributed by atoms with Gasteiger partial charge in [-0.2, -0.15) is 0 Å². The van der Waals surface area contributed by atoms with Gasteiger partial charge in [0, 0.05) is 12.4 Å². The number of aliphatic hydroxyl groups is 2. The van der Waals surface area contributed by atoms with Crippen molar-refractivity contribution < 1.29 is 30.0 Å². The number of esters is 1. The van der Waals surface area contributed by atoms with Gasteiger partial charge in [0.05, 0.1) is 0 Å². The van der Waals surface area contributed by atoms with Gasteiger partial charge in [0.1, 0.15) is 11.9 Å². The van der Waals surface area contributed by atoms with E-state index in [9.17, 15) is 15.0 Å². The number of hydrogen-bond donors (Lipinski definition) is 2. The van der Waals surface area contributed by atoms with Crippen molar-refractivity contribution in [2.45, 2.75) is 12.2 Å². The third-order valence-electron chi connectivity index (χ3n) is 1.44. The van der Waals surface area contributed by atoms with E-state index in [-0.39, 0.29) is 23.1 Å². The molecule has 7 heteroatoms. The Bertz CT molecular complexity index is 237. The molecule has 1 heterocycles. The second-order valence-electron chi connectivity index (χ2n) is 2.26. The first-order chi connectivity index (χ1) is 5.57. The van der Waals surface area contributed by atoms with Crippen LogP contribution in [0.2, 0.25) is 0 Å². The molecule has 0 saturated heterocycles. The van der Waals surface area contributed by atoms with Crippen molar-refractivity contribution in [1.82, 2.24) is 0 Å². The van der Waals surface area contributed by atoms with Crippen molar-refractivity contribution in [1.29, 1.82) is 0 Å². The zero-order valence-electron chi connectivity index (χ0n) is 6.60. The van der Waals surface area contributed by atoms with Crippen molar-refractivity contribution in [2.24, 2.45) is 0 Å². The Morgan fingerprint density at radius 2 is 2.15 bits per heavy atom. The predicted octanol–water partition coefficient (Wildman–Crippen LogP) is -3.62. The molecule has 0 amide bonds. The van der Waals surface area contributed by atoms with Crippen LogP contribution in [0, 0.1) is 0 Å². The van der Waals surface area contributed by atoms with Crippen LogP contribution >= 0.6 is 0 Å². The van der Waals surface area contributed by atoms with E-state index in [1.165, 1.54) is 0 Å². The van der Waals surface area contributed by atoms with Crippen molar-refractivity contribution in [3.8, 4) is 0 Å². The summed E-state index contributed by atoms with van der Waals surface area (Å²) in [6.45, 7) is -0.810. The molecule has 0 saturated carbocycles. The Labute approximate surface area is 89.6 Å². The third kappa shape index (κ3) is 2.24. The molecule has 0 fully saturated rings. The molecule has 2 atom stereocenters. The average Bonchev–Trinajstić information content (AvgIpc) is 2.32. The second-order valence-corrected chi connectivity index (χ2v) is 2.26. The summed E-state index contributed by atoms with van der Waals surface area (Å²) in [5.41, 5.74) is 0. The molecule has 2 N–H and O–H groups in total. The average molecular weight is 198 g/mol. The van der Waals surface area contributed by atoms with Crippen LogP contribution in [0.5, 0.6) is 0 Å². The second kappa shape index (κ2) is 4.65. The van der Waals surface area contributed by atoms with E-state index in [0.29, 0.717) is 0 Å². The van der Waals surface area contributed by atoms with E-state index in [1.807, 2.05) is 0 Å². The number of aliphatic hydroxyl groups excluding tert-OH is 2. The van der Waals surface area contributed by atoms with E-state index < -0.39 is 36.3 Å². The summed E-state index contributed by atoms with van der Waals surface area (Å²) in [6, 6.07) is 0. The van der Waals surface area contributed by atoms with Crippen LogP contribution in [0.3, 0.4) is 0 Å². The molecule has 1 aliphatic rings. The SMILES string of the molecule is O=C1O[C@H]([C@@H]([O-])CO)C(O)=C1[O-].[Mg+2]. The molecular formula is C6H6MgO6. The standard InChI is InChI=1S/C6H7O6.Mg/c7-1-2(8)5-3(9)4(10)6(11)12-5;/h2,5,7,9-10H,1H2;/q-1;+2/p-1/t2-,5+;/m0./s1. The molecule has 68 valence electrons. The van der Waals surface area contributed by atoms with Crippen LogP contribution in [0.25, 0.3) is 0 Å². The Morgan fingerprint density at radius 3 is 2.46 bits per heavy atom. The molecule has 1 aliphatic heterocycles. The minimum absolute atomic E-state index is 0. The first kappa shape index (κ1) is 12.5.